The molecule has 1 aromatic heterocycles. The molecule has 120 valence electrons. The second kappa shape index (κ2) is 6.52. The van der Waals surface area contributed by atoms with E-state index in [1.165, 1.54) is 12.1 Å². The zero-order valence-corrected chi connectivity index (χ0v) is 13.0. The summed E-state index contributed by atoms with van der Waals surface area (Å²) >= 11 is 0. The average Bonchev–Trinajstić information content (AvgIpc) is 2.79. The fourth-order valence-corrected chi connectivity index (χ4v) is 2.46. The van der Waals surface area contributed by atoms with E-state index in [0.29, 0.717) is 18.7 Å². The highest BCUT2D eigenvalue weighted by atomic mass is 19.4. The molecule has 1 aromatic carbocycles. The van der Waals surface area contributed by atoms with Gasteiger partial charge >= 0.3 is 6.18 Å². The molecule has 3 nitrogen and oxygen atoms in total. The van der Waals surface area contributed by atoms with Gasteiger partial charge in [-0.2, -0.15) is 18.3 Å². The van der Waals surface area contributed by atoms with Gasteiger partial charge in [-0.3, -0.25) is 9.58 Å². The first-order chi connectivity index (χ1) is 10.3. The quantitative estimate of drug-likeness (QED) is 0.836. The van der Waals surface area contributed by atoms with Gasteiger partial charge in [0.2, 0.25) is 0 Å². The number of nitrogens with zero attached hydrogens (tertiary/aromatic N) is 3. The van der Waals surface area contributed by atoms with Crippen molar-refractivity contribution in [2.45, 2.75) is 39.7 Å². The Morgan fingerprint density at radius 3 is 2.55 bits per heavy atom. The van der Waals surface area contributed by atoms with Crippen molar-refractivity contribution in [3.63, 3.8) is 0 Å². The lowest BCUT2D eigenvalue weighted by Crippen LogP contribution is -2.18. The first-order valence-corrected chi connectivity index (χ1v) is 7.17. The van der Waals surface area contributed by atoms with Gasteiger partial charge < -0.3 is 0 Å². The number of halogens is 3. The first kappa shape index (κ1) is 16.5. The fourth-order valence-electron chi connectivity index (χ4n) is 2.46. The van der Waals surface area contributed by atoms with Crippen molar-refractivity contribution in [2.24, 2.45) is 0 Å². The summed E-state index contributed by atoms with van der Waals surface area (Å²) in [6.07, 6.45) is -2.48. The van der Waals surface area contributed by atoms with E-state index in [0.717, 1.165) is 23.9 Å². The van der Waals surface area contributed by atoms with Gasteiger partial charge in [0, 0.05) is 30.9 Å². The second-order valence-corrected chi connectivity index (χ2v) is 5.44. The molecule has 0 unspecified atom stereocenters. The van der Waals surface area contributed by atoms with Crippen LogP contribution in [0.4, 0.5) is 13.2 Å². The Balaban J connectivity index is 2.06. The van der Waals surface area contributed by atoms with Crippen LogP contribution in [0.2, 0.25) is 0 Å². The van der Waals surface area contributed by atoms with Crippen molar-refractivity contribution in [1.29, 1.82) is 0 Å². The molecule has 1 heterocycles. The molecule has 0 saturated carbocycles. The van der Waals surface area contributed by atoms with Crippen LogP contribution in [0, 0.1) is 6.92 Å². The topological polar surface area (TPSA) is 21.1 Å². The van der Waals surface area contributed by atoms with Crippen LogP contribution >= 0.6 is 0 Å². The van der Waals surface area contributed by atoms with Crippen molar-refractivity contribution in [2.75, 3.05) is 7.05 Å². The van der Waals surface area contributed by atoms with Crippen LogP contribution in [0.15, 0.2) is 30.5 Å². The first-order valence-electron chi connectivity index (χ1n) is 7.17. The summed E-state index contributed by atoms with van der Waals surface area (Å²) in [6.45, 7) is 5.95. The highest BCUT2D eigenvalue weighted by Crippen LogP contribution is 2.29. The zero-order valence-electron chi connectivity index (χ0n) is 13.0. The molecule has 0 bridgehead atoms. The van der Waals surface area contributed by atoms with Gasteiger partial charge in [0.15, 0.2) is 0 Å². The minimum absolute atomic E-state index is 0.459. The maximum Gasteiger partial charge on any atom is 0.416 e. The van der Waals surface area contributed by atoms with Gasteiger partial charge in [-0.15, -0.1) is 0 Å². The highest BCUT2D eigenvalue weighted by molar-refractivity contribution is 5.25. The lowest BCUT2D eigenvalue weighted by molar-refractivity contribution is -0.137. The molecule has 0 aliphatic rings. The third-order valence-electron chi connectivity index (χ3n) is 3.65. The summed E-state index contributed by atoms with van der Waals surface area (Å²) < 4.78 is 40.1. The molecule has 0 aliphatic heterocycles. The van der Waals surface area contributed by atoms with Crippen molar-refractivity contribution in [3.8, 4) is 0 Å². The molecule has 0 fully saturated rings. The molecular formula is C16H20F3N3. The van der Waals surface area contributed by atoms with Crippen LogP contribution in [0.1, 0.15) is 29.3 Å². The van der Waals surface area contributed by atoms with Crippen molar-refractivity contribution < 1.29 is 13.2 Å². The van der Waals surface area contributed by atoms with E-state index >= 15 is 0 Å². The number of aromatic nitrogens is 2. The molecular weight excluding hydrogens is 291 g/mol. The normalized spacial score (nSPS) is 12.1. The Morgan fingerprint density at radius 1 is 1.23 bits per heavy atom. The minimum Gasteiger partial charge on any atom is -0.298 e. The van der Waals surface area contributed by atoms with Gasteiger partial charge in [0.1, 0.15) is 0 Å². The SMILES string of the molecule is CCn1ncc(CN(C)Cc2cccc(C(F)(F)F)c2)c1C. The molecule has 22 heavy (non-hydrogen) atoms. The summed E-state index contributed by atoms with van der Waals surface area (Å²) in [4.78, 5) is 1.99. The molecule has 0 spiro atoms. The van der Waals surface area contributed by atoms with Gasteiger partial charge in [-0.05, 0) is 32.5 Å². The smallest absolute Gasteiger partial charge is 0.298 e. The summed E-state index contributed by atoms with van der Waals surface area (Å²) in [6, 6.07) is 5.47. The Morgan fingerprint density at radius 2 is 1.95 bits per heavy atom. The van der Waals surface area contributed by atoms with Crippen LogP contribution in [-0.4, -0.2) is 21.7 Å². The van der Waals surface area contributed by atoms with Gasteiger partial charge in [0.05, 0.1) is 11.8 Å². The predicted octanol–water partition coefficient (Wildman–Crippen LogP) is 3.86. The predicted molar refractivity (Wildman–Crippen MR) is 79.3 cm³/mol. The number of aryl methyl sites for hydroxylation is 1. The van der Waals surface area contributed by atoms with Crippen LogP contribution in [0.5, 0.6) is 0 Å². The summed E-state index contributed by atoms with van der Waals surface area (Å²) in [5.41, 5.74) is 2.24. The number of alkyl halides is 3. The van der Waals surface area contributed by atoms with Crippen LogP contribution in [0.3, 0.4) is 0 Å². The van der Waals surface area contributed by atoms with Crippen molar-refractivity contribution in [1.82, 2.24) is 14.7 Å². The number of benzene rings is 1. The number of hydrogen-bond acceptors (Lipinski definition) is 2. The summed E-state index contributed by atoms with van der Waals surface area (Å²) in [5.74, 6) is 0. The van der Waals surface area contributed by atoms with E-state index in [4.69, 9.17) is 0 Å². The third kappa shape index (κ3) is 3.88. The molecule has 0 radical (unpaired) electrons. The molecule has 0 N–H and O–H groups in total. The Labute approximate surface area is 128 Å². The highest BCUT2D eigenvalue weighted by Gasteiger charge is 2.30. The molecule has 2 aromatic rings. The monoisotopic (exact) mass is 311 g/mol. The molecule has 0 amide bonds. The summed E-state index contributed by atoms with van der Waals surface area (Å²) in [7, 11) is 1.89. The van der Waals surface area contributed by atoms with Gasteiger partial charge in [0.25, 0.3) is 0 Å². The van der Waals surface area contributed by atoms with Crippen LogP contribution < -0.4 is 0 Å². The fraction of sp³-hybridized carbons (Fsp3) is 0.438. The third-order valence-corrected chi connectivity index (χ3v) is 3.65. The lowest BCUT2D eigenvalue weighted by atomic mass is 10.1. The van der Waals surface area contributed by atoms with E-state index in [1.54, 1.807) is 6.07 Å². The van der Waals surface area contributed by atoms with Crippen LogP contribution in [0.25, 0.3) is 0 Å². The second-order valence-electron chi connectivity index (χ2n) is 5.44. The Kier molecular flexibility index (Phi) is 4.90. The molecule has 0 atom stereocenters. The van der Waals surface area contributed by atoms with Gasteiger partial charge in [-0.25, -0.2) is 0 Å². The average molecular weight is 311 g/mol. The molecule has 0 aliphatic carbocycles. The lowest BCUT2D eigenvalue weighted by Gasteiger charge is -2.17. The van der Waals surface area contributed by atoms with E-state index in [-0.39, 0.29) is 0 Å². The summed E-state index contributed by atoms with van der Waals surface area (Å²) in [5, 5.41) is 4.28. The largest absolute Gasteiger partial charge is 0.416 e. The standard InChI is InChI=1S/C16H20F3N3/c1-4-22-12(2)14(9-20-22)11-21(3)10-13-6-5-7-15(8-13)16(17,18)19/h5-9H,4,10-11H2,1-3H3. The van der Waals surface area contributed by atoms with E-state index in [2.05, 4.69) is 5.10 Å². The van der Waals surface area contributed by atoms with Gasteiger partial charge in [-0.1, -0.05) is 18.2 Å². The Bertz CT molecular complexity index is 632. The number of hydrogen-bond donors (Lipinski definition) is 0. The van der Waals surface area contributed by atoms with E-state index < -0.39 is 11.7 Å². The maximum absolute atomic E-state index is 12.7. The van der Waals surface area contributed by atoms with Crippen LogP contribution in [-0.2, 0) is 25.8 Å². The van der Waals surface area contributed by atoms with E-state index in [9.17, 15) is 13.2 Å². The zero-order chi connectivity index (χ0) is 16.3. The molecule has 6 heteroatoms. The molecule has 0 saturated heterocycles. The number of rotatable bonds is 5. The molecule has 2 rings (SSSR count). The van der Waals surface area contributed by atoms with Crippen molar-refractivity contribution >= 4 is 0 Å². The van der Waals surface area contributed by atoms with Crippen molar-refractivity contribution in [3.05, 3.63) is 52.8 Å². The maximum atomic E-state index is 12.7. The Hall–Kier alpha value is -1.82. The van der Waals surface area contributed by atoms with E-state index in [1.807, 2.05) is 36.7 Å². The minimum atomic E-state index is -4.30.